The first-order valence-corrected chi connectivity index (χ1v) is 12.5. The highest BCUT2D eigenvalue weighted by molar-refractivity contribution is 7.86. The van der Waals surface area contributed by atoms with Gasteiger partial charge in [-0.3, -0.25) is 19.3 Å². The van der Waals surface area contributed by atoms with Crippen LogP contribution in [0.1, 0.15) is 20.7 Å². The molecule has 0 saturated heterocycles. The SMILES string of the molecule is NC(=O)c1ccc(C(=O)O)c(-c2c3ccc(=[NH2+])c(S(=O)(=O)O)c-3oc3c(S(=O)(=O)O)c(N)ccc23)c1. The number of carboxylic acids is 1. The van der Waals surface area contributed by atoms with Gasteiger partial charge in [-0.25, -0.2) is 4.79 Å². The van der Waals surface area contributed by atoms with Crippen molar-refractivity contribution in [3.05, 3.63) is 58.9 Å². The summed E-state index contributed by atoms with van der Waals surface area (Å²) in [5, 5.41) is 14.9. The highest BCUT2D eigenvalue weighted by Gasteiger charge is 2.33. The Labute approximate surface area is 201 Å². The molecule has 0 unspecified atom stereocenters. The molecule has 1 heterocycles. The number of fused-ring (bicyclic) bond motifs is 2. The Kier molecular flexibility index (Phi) is 5.60. The molecule has 13 nitrogen and oxygen atoms in total. The second-order valence-corrected chi connectivity index (χ2v) is 10.3. The van der Waals surface area contributed by atoms with E-state index in [2.05, 4.69) is 0 Å². The third kappa shape index (κ3) is 3.95. The van der Waals surface area contributed by atoms with Crippen molar-refractivity contribution in [3.63, 3.8) is 0 Å². The molecule has 0 atom stereocenters. The second kappa shape index (κ2) is 8.13. The molecule has 0 spiro atoms. The van der Waals surface area contributed by atoms with Gasteiger partial charge in [0.25, 0.3) is 10.1 Å². The van der Waals surface area contributed by atoms with Gasteiger partial charge in [-0.1, -0.05) is 0 Å². The minimum absolute atomic E-state index is 0.131. The van der Waals surface area contributed by atoms with Crippen LogP contribution in [0.25, 0.3) is 33.4 Å². The summed E-state index contributed by atoms with van der Waals surface area (Å²) in [6.45, 7) is 0. The van der Waals surface area contributed by atoms with Crippen LogP contribution >= 0.6 is 0 Å². The Morgan fingerprint density at radius 1 is 0.889 bits per heavy atom. The number of aromatic carboxylic acids is 1. The van der Waals surface area contributed by atoms with Gasteiger partial charge in [0.1, 0.15) is 0 Å². The summed E-state index contributed by atoms with van der Waals surface area (Å²) in [7, 11) is -10.2. The minimum Gasteiger partial charge on any atom is -0.478 e. The van der Waals surface area contributed by atoms with Gasteiger partial charge in [0.15, 0.2) is 16.2 Å². The topological polar surface area (TPSA) is 254 Å². The molecule has 2 aromatic rings. The number of carbonyl (C=O) groups excluding carboxylic acids is 1. The third-order valence-electron chi connectivity index (χ3n) is 5.35. The molecule has 4 rings (SSSR count). The molecule has 1 aliphatic heterocycles. The summed E-state index contributed by atoms with van der Waals surface area (Å²) in [6.07, 6.45) is 0. The van der Waals surface area contributed by atoms with E-state index in [4.69, 9.17) is 21.3 Å². The van der Waals surface area contributed by atoms with Gasteiger partial charge in [0.05, 0.1) is 11.3 Å². The Balaban J connectivity index is 2.41. The molecule has 0 fully saturated rings. The van der Waals surface area contributed by atoms with Crippen molar-refractivity contribution in [1.82, 2.24) is 0 Å². The van der Waals surface area contributed by atoms with Crippen LogP contribution in [0.15, 0.2) is 56.7 Å². The van der Waals surface area contributed by atoms with Gasteiger partial charge in [-0.05, 0) is 42.0 Å². The van der Waals surface area contributed by atoms with Crippen molar-refractivity contribution >= 4 is 48.8 Å². The van der Waals surface area contributed by atoms with Crippen LogP contribution in [0.5, 0.6) is 0 Å². The van der Waals surface area contributed by atoms with Gasteiger partial charge in [-0.15, -0.1) is 0 Å². The first-order chi connectivity index (χ1) is 16.6. The quantitative estimate of drug-likeness (QED) is 0.110. The maximum Gasteiger partial charge on any atom is 0.336 e. The average molecular weight is 535 g/mol. The molecular weight excluding hydrogens is 518 g/mol. The van der Waals surface area contributed by atoms with Crippen LogP contribution in [-0.2, 0) is 20.2 Å². The Morgan fingerprint density at radius 2 is 1.53 bits per heavy atom. The van der Waals surface area contributed by atoms with Crippen molar-refractivity contribution < 1.29 is 50.5 Å². The van der Waals surface area contributed by atoms with E-state index < -0.39 is 64.3 Å². The fourth-order valence-electron chi connectivity index (χ4n) is 3.91. The number of amides is 1. The van der Waals surface area contributed by atoms with E-state index in [1.807, 2.05) is 0 Å². The number of carboxylic acid groups (broad SMARTS) is 1. The lowest BCUT2D eigenvalue weighted by Crippen LogP contribution is -2.47. The number of carbonyl (C=O) groups is 2. The number of nitrogens with two attached hydrogens (primary N) is 3. The highest BCUT2D eigenvalue weighted by atomic mass is 32.2. The highest BCUT2D eigenvalue weighted by Crippen LogP contribution is 2.45. The van der Waals surface area contributed by atoms with Crippen LogP contribution in [0.4, 0.5) is 5.69 Å². The van der Waals surface area contributed by atoms with Crippen molar-refractivity contribution in [2.24, 2.45) is 5.73 Å². The molecule has 0 aromatic heterocycles. The van der Waals surface area contributed by atoms with Crippen molar-refractivity contribution in [2.75, 3.05) is 5.73 Å². The predicted octanol–water partition coefficient (Wildman–Crippen LogP) is -0.263. The molecule has 0 radical (unpaired) electrons. The number of nitrogen functional groups attached to an aromatic ring is 1. The largest absolute Gasteiger partial charge is 0.478 e. The Morgan fingerprint density at radius 3 is 2.08 bits per heavy atom. The van der Waals surface area contributed by atoms with Crippen molar-refractivity contribution in [1.29, 1.82) is 0 Å². The van der Waals surface area contributed by atoms with Crippen LogP contribution in [0, 0.1) is 0 Å². The summed E-state index contributed by atoms with van der Waals surface area (Å²) in [5.41, 5.74) is 8.96. The zero-order chi connectivity index (χ0) is 26.7. The van der Waals surface area contributed by atoms with E-state index >= 15 is 0 Å². The number of primary amides is 1. The zero-order valence-corrected chi connectivity index (χ0v) is 19.4. The number of hydrogen-bond donors (Lipinski definition) is 6. The van der Waals surface area contributed by atoms with Gasteiger partial charge in [0.2, 0.25) is 16.2 Å². The average Bonchev–Trinajstić information content (AvgIpc) is 2.74. The lowest BCUT2D eigenvalue weighted by Gasteiger charge is -2.19. The monoisotopic (exact) mass is 534 g/mol. The van der Waals surface area contributed by atoms with Crippen molar-refractivity contribution in [2.45, 2.75) is 9.79 Å². The predicted molar refractivity (Wildman–Crippen MR) is 123 cm³/mol. The molecule has 36 heavy (non-hydrogen) atoms. The van der Waals surface area contributed by atoms with E-state index in [-0.39, 0.29) is 33.2 Å². The number of hydrogen-bond acceptors (Lipinski definition) is 8. The van der Waals surface area contributed by atoms with Gasteiger partial charge >= 0.3 is 16.1 Å². The molecular formula is C21H16N3O10S2+. The minimum atomic E-state index is -5.09. The van der Waals surface area contributed by atoms with Crippen LogP contribution in [0.2, 0.25) is 0 Å². The lowest BCUT2D eigenvalue weighted by molar-refractivity contribution is -0.176. The zero-order valence-electron chi connectivity index (χ0n) is 17.8. The van der Waals surface area contributed by atoms with E-state index in [1.165, 1.54) is 12.1 Å². The summed E-state index contributed by atoms with van der Waals surface area (Å²) in [4.78, 5) is 22.0. The summed E-state index contributed by atoms with van der Waals surface area (Å²) in [6, 6.07) is 7.99. The maximum absolute atomic E-state index is 12.2. The third-order valence-corrected chi connectivity index (χ3v) is 7.22. The molecule has 186 valence electrons. The molecule has 2 aromatic carbocycles. The molecule has 1 amide bonds. The summed E-state index contributed by atoms with van der Waals surface area (Å²) < 4.78 is 74.0. The van der Waals surface area contributed by atoms with E-state index in [0.717, 1.165) is 30.3 Å². The molecule has 15 heteroatoms. The molecule has 1 aliphatic carbocycles. The first kappa shape index (κ1) is 24.8. The normalized spacial score (nSPS) is 12.2. The number of rotatable bonds is 5. The second-order valence-electron chi connectivity index (χ2n) is 7.58. The fourth-order valence-corrected chi connectivity index (χ4v) is 5.42. The molecule has 2 aliphatic rings. The molecule has 0 bridgehead atoms. The molecule has 0 saturated carbocycles. The van der Waals surface area contributed by atoms with Gasteiger partial charge in [-0.2, -0.15) is 16.8 Å². The van der Waals surface area contributed by atoms with Crippen LogP contribution in [0.3, 0.4) is 0 Å². The van der Waals surface area contributed by atoms with E-state index in [1.54, 1.807) is 0 Å². The summed E-state index contributed by atoms with van der Waals surface area (Å²) in [5.74, 6) is -3.05. The Hall–Kier alpha value is -4.31. The smallest absolute Gasteiger partial charge is 0.336 e. The lowest BCUT2D eigenvalue weighted by atomic mass is 9.89. The Bertz CT molecular complexity index is 1880. The first-order valence-electron chi connectivity index (χ1n) is 9.66. The van der Waals surface area contributed by atoms with Crippen LogP contribution in [-0.4, -0.2) is 42.9 Å². The molecule has 9 N–H and O–H groups in total. The van der Waals surface area contributed by atoms with Crippen molar-refractivity contribution in [3.8, 4) is 22.5 Å². The standard InChI is InChI=1S/C21H15N3O10S2/c22-13-5-3-10-15(12-7-8(20(24)25)1-2-9(12)21(26)27)11-4-6-14(23)19(36(31,32)33)17(11)34-16(10)18(13)35(28,29)30/h1-7,22H,23H2,(H2,24,25)(H,26,27)(H,28,29,30)(H,31,32,33)/p+1. The maximum atomic E-state index is 12.2. The van der Waals surface area contributed by atoms with Gasteiger partial charge in [0, 0.05) is 28.1 Å². The van der Waals surface area contributed by atoms with Gasteiger partial charge < -0.3 is 21.0 Å². The van der Waals surface area contributed by atoms with Crippen LogP contribution < -0.4 is 22.2 Å². The summed E-state index contributed by atoms with van der Waals surface area (Å²) >= 11 is 0. The van der Waals surface area contributed by atoms with E-state index in [0.29, 0.717) is 0 Å². The van der Waals surface area contributed by atoms with E-state index in [9.17, 15) is 40.6 Å². The fraction of sp³-hybridized carbons (Fsp3) is 0. The number of benzene rings is 3. The number of anilines is 1.